The van der Waals surface area contributed by atoms with Crippen LogP contribution in [0.15, 0.2) is 57.5 Å². The number of nitrogens with zero attached hydrogens (tertiary/aromatic N) is 4. The van der Waals surface area contributed by atoms with Gasteiger partial charge in [0.15, 0.2) is 5.03 Å². The van der Waals surface area contributed by atoms with Crippen LogP contribution >= 0.6 is 11.3 Å². The molecule has 4 atom stereocenters. The number of hydrogen-bond donors (Lipinski definition) is 2. The van der Waals surface area contributed by atoms with Crippen molar-refractivity contribution in [1.82, 2.24) is 18.8 Å². The molecule has 1 aliphatic rings. The lowest BCUT2D eigenvalue weighted by Gasteiger charge is -2.35. The highest BCUT2D eigenvalue weighted by Crippen LogP contribution is 2.30. The van der Waals surface area contributed by atoms with Gasteiger partial charge in [-0.05, 0) is 62.8 Å². The van der Waals surface area contributed by atoms with Crippen LogP contribution in [-0.4, -0.2) is 98.2 Å². The number of nitrogens with one attached hydrogen (secondary N) is 1. The van der Waals surface area contributed by atoms with E-state index in [-0.39, 0.29) is 58.0 Å². The van der Waals surface area contributed by atoms with E-state index in [0.717, 1.165) is 24.2 Å². The van der Waals surface area contributed by atoms with E-state index in [2.05, 4.69) is 9.71 Å². The number of aliphatic hydroxyl groups is 1. The second-order valence-electron chi connectivity index (χ2n) is 11.7. The molecule has 0 fully saturated rings. The number of rotatable bonds is 9. The summed E-state index contributed by atoms with van der Waals surface area (Å²) in [6.45, 7) is 5.71. The largest absolute Gasteiger partial charge is 0.490 e. The molecule has 0 aliphatic carbocycles. The number of benzene rings is 1. The Morgan fingerprint density at radius 1 is 1.20 bits per heavy atom. The fourth-order valence-corrected chi connectivity index (χ4v) is 8.52. The summed E-state index contributed by atoms with van der Waals surface area (Å²) in [5.74, 6) is -0.548. The Morgan fingerprint density at radius 3 is 2.61 bits per heavy atom. The standard InChI is InChI=1S/C30H43N5O8S3/c1-21-16-35(22(2)19-36)30(37)25-15-24(32-45(38,39)28-18-33(4)20-31-28)11-12-26(25)43-23(3)9-6-7-13-42-27(21)17-34(5)46(40,41)29-10-8-14-44-29/h8,10-12,14-15,18,20-23,27,32,36H,6-7,9,13,16-17,19H2,1-5H3/t21-,22+,23-,27-/m0/s1. The average molecular weight is 698 g/mol. The van der Waals surface area contributed by atoms with E-state index in [1.807, 2.05) is 13.8 Å². The summed E-state index contributed by atoms with van der Waals surface area (Å²) in [7, 11) is -4.61. The Hall–Kier alpha value is -3.02. The summed E-state index contributed by atoms with van der Waals surface area (Å²) in [6, 6.07) is 7.13. The number of carbonyl (C=O) groups is 1. The molecule has 0 unspecified atom stereocenters. The third-order valence-corrected chi connectivity index (χ3v) is 12.3. The second-order valence-corrected chi connectivity index (χ2v) is 16.6. The van der Waals surface area contributed by atoms with Gasteiger partial charge < -0.3 is 24.0 Å². The number of sulfonamides is 2. The van der Waals surface area contributed by atoms with Crippen LogP contribution in [0.2, 0.25) is 0 Å². The van der Waals surface area contributed by atoms with Gasteiger partial charge in [-0.1, -0.05) is 13.0 Å². The fourth-order valence-electron chi connectivity index (χ4n) is 5.10. The van der Waals surface area contributed by atoms with Crippen molar-refractivity contribution in [3.8, 4) is 5.75 Å². The zero-order valence-electron chi connectivity index (χ0n) is 26.7. The summed E-state index contributed by atoms with van der Waals surface area (Å²) >= 11 is 1.14. The van der Waals surface area contributed by atoms with Crippen molar-refractivity contribution in [2.45, 2.75) is 67.5 Å². The number of ether oxygens (including phenoxy) is 2. The minimum absolute atomic E-state index is 0.0620. The first-order chi connectivity index (χ1) is 21.7. The molecule has 0 saturated carbocycles. The van der Waals surface area contributed by atoms with E-state index < -0.39 is 38.1 Å². The van der Waals surface area contributed by atoms with Crippen LogP contribution in [0, 0.1) is 5.92 Å². The van der Waals surface area contributed by atoms with Crippen molar-refractivity contribution in [3.63, 3.8) is 0 Å². The molecule has 2 aromatic heterocycles. The molecule has 16 heteroatoms. The zero-order chi connectivity index (χ0) is 33.6. The van der Waals surface area contributed by atoms with Crippen LogP contribution in [0.5, 0.6) is 5.75 Å². The van der Waals surface area contributed by atoms with Crippen LogP contribution in [0.3, 0.4) is 0 Å². The molecule has 2 N–H and O–H groups in total. The first kappa shape index (κ1) is 35.8. The van der Waals surface area contributed by atoms with E-state index in [4.69, 9.17) is 9.47 Å². The first-order valence-corrected chi connectivity index (χ1v) is 18.9. The van der Waals surface area contributed by atoms with Gasteiger partial charge in [0.1, 0.15) is 9.96 Å². The summed E-state index contributed by atoms with van der Waals surface area (Å²) in [6.07, 6.45) is 4.05. The van der Waals surface area contributed by atoms with Gasteiger partial charge in [0.25, 0.3) is 26.0 Å². The molecule has 3 aromatic rings. The van der Waals surface area contributed by atoms with Crippen molar-refractivity contribution in [2.24, 2.45) is 13.0 Å². The number of aryl methyl sites for hydroxylation is 1. The Labute approximate surface area is 275 Å². The van der Waals surface area contributed by atoms with Gasteiger partial charge in [0.2, 0.25) is 0 Å². The topological polar surface area (TPSA) is 160 Å². The number of aliphatic hydroxyl groups excluding tert-OH is 1. The minimum Gasteiger partial charge on any atom is -0.490 e. The van der Waals surface area contributed by atoms with E-state index in [0.29, 0.717) is 13.0 Å². The molecule has 1 aliphatic heterocycles. The lowest BCUT2D eigenvalue weighted by molar-refractivity contribution is -0.00832. The highest BCUT2D eigenvalue weighted by Gasteiger charge is 2.33. The number of aromatic nitrogens is 2. The van der Waals surface area contributed by atoms with Gasteiger partial charge in [-0.15, -0.1) is 11.3 Å². The maximum atomic E-state index is 14.3. The zero-order valence-corrected chi connectivity index (χ0v) is 29.1. The number of anilines is 1. The van der Waals surface area contributed by atoms with Crippen LogP contribution in [0.4, 0.5) is 5.69 Å². The average Bonchev–Trinajstić information content (AvgIpc) is 3.71. The Bertz CT molecular complexity index is 1680. The lowest BCUT2D eigenvalue weighted by atomic mass is 10.0. The summed E-state index contributed by atoms with van der Waals surface area (Å²) in [5, 5.41) is 11.7. The smallest absolute Gasteiger partial charge is 0.280 e. The van der Waals surface area contributed by atoms with Crippen LogP contribution in [0.1, 0.15) is 50.4 Å². The third kappa shape index (κ3) is 8.66. The molecule has 3 heterocycles. The van der Waals surface area contributed by atoms with Crippen molar-refractivity contribution in [3.05, 3.63) is 53.8 Å². The highest BCUT2D eigenvalue weighted by atomic mass is 32.2. The van der Waals surface area contributed by atoms with Crippen LogP contribution in [0.25, 0.3) is 0 Å². The number of amides is 1. The minimum atomic E-state index is -4.04. The lowest BCUT2D eigenvalue weighted by Crippen LogP contribution is -2.48. The van der Waals surface area contributed by atoms with Gasteiger partial charge in [-0.25, -0.2) is 13.4 Å². The molecule has 0 spiro atoms. The highest BCUT2D eigenvalue weighted by molar-refractivity contribution is 7.92. The second kappa shape index (κ2) is 15.3. The molecular weight excluding hydrogens is 655 g/mol. The van der Waals surface area contributed by atoms with Gasteiger partial charge in [0.05, 0.1) is 36.7 Å². The molecule has 13 nitrogen and oxygen atoms in total. The summed E-state index contributed by atoms with van der Waals surface area (Å²) < 4.78 is 70.5. The predicted octanol–water partition coefficient (Wildman–Crippen LogP) is 3.40. The Morgan fingerprint density at radius 2 is 1.96 bits per heavy atom. The number of thiophene rings is 1. The normalized spacial score (nSPS) is 21.3. The predicted molar refractivity (Wildman–Crippen MR) is 175 cm³/mol. The molecule has 4 rings (SSSR count). The monoisotopic (exact) mass is 697 g/mol. The molecule has 46 heavy (non-hydrogen) atoms. The maximum Gasteiger partial charge on any atom is 0.280 e. The van der Waals surface area contributed by atoms with Gasteiger partial charge in [-0.2, -0.15) is 12.7 Å². The van der Waals surface area contributed by atoms with Gasteiger partial charge in [0, 0.05) is 51.6 Å². The van der Waals surface area contributed by atoms with Crippen molar-refractivity contribution >= 4 is 43.0 Å². The fraction of sp³-hybridized carbons (Fsp3) is 0.533. The molecule has 0 radical (unpaired) electrons. The Balaban J connectivity index is 1.68. The molecule has 0 saturated heterocycles. The SMILES string of the molecule is C[C@H](CO)N1C[C@H](C)[C@H](CN(C)S(=O)(=O)c2cccs2)OCCCC[C@H](C)Oc2ccc(NS(=O)(=O)c3cn(C)cn3)cc2C1=O. The van der Waals surface area contributed by atoms with Gasteiger partial charge in [-0.3, -0.25) is 9.52 Å². The van der Waals surface area contributed by atoms with Crippen LogP contribution in [-0.2, 0) is 31.8 Å². The molecular formula is C30H43N5O8S3. The third-order valence-electron chi connectivity index (χ3n) is 7.86. The van der Waals surface area contributed by atoms with Crippen LogP contribution < -0.4 is 9.46 Å². The molecule has 1 amide bonds. The van der Waals surface area contributed by atoms with Crippen molar-refractivity contribution < 1.29 is 36.2 Å². The van der Waals surface area contributed by atoms with Crippen molar-refractivity contribution in [2.75, 3.05) is 38.1 Å². The molecule has 0 bridgehead atoms. The van der Waals surface area contributed by atoms with E-state index in [1.54, 1.807) is 37.6 Å². The number of imidazole rings is 1. The van der Waals surface area contributed by atoms with E-state index >= 15 is 0 Å². The van der Waals surface area contributed by atoms with Crippen molar-refractivity contribution in [1.29, 1.82) is 0 Å². The summed E-state index contributed by atoms with van der Waals surface area (Å²) in [4.78, 5) is 19.7. The first-order valence-electron chi connectivity index (χ1n) is 15.1. The number of hydrogen-bond acceptors (Lipinski definition) is 10. The Kier molecular flexibility index (Phi) is 11.9. The number of likely N-dealkylation sites (N-methyl/N-ethyl adjacent to an activating group) is 1. The van der Waals surface area contributed by atoms with E-state index in [1.165, 1.54) is 45.5 Å². The molecule has 1 aromatic carbocycles. The molecule has 254 valence electrons. The van der Waals surface area contributed by atoms with Gasteiger partial charge >= 0.3 is 0 Å². The number of fused-ring (bicyclic) bond motifs is 1. The quantitative estimate of drug-likeness (QED) is 0.342. The maximum absolute atomic E-state index is 14.3. The summed E-state index contributed by atoms with van der Waals surface area (Å²) in [5.41, 5.74) is 0.258. The van der Waals surface area contributed by atoms with E-state index in [9.17, 15) is 26.7 Å². The number of carbonyl (C=O) groups excluding carboxylic acids is 1.